The van der Waals surface area contributed by atoms with Crippen LogP contribution in [0, 0.1) is 0 Å². The Morgan fingerprint density at radius 2 is 1.91 bits per heavy atom. The quantitative estimate of drug-likeness (QED) is 0.532. The second-order valence-electron chi connectivity index (χ2n) is 7.06. The Labute approximate surface area is 190 Å². The molecule has 0 aliphatic carbocycles. The Kier molecular flexibility index (Phi) is 6.79. The number of aryl methyl sites for hydroxylation is 1. The van der Waals surface area contributed by atoms with Gasteiger partial charge < -0.3 is 14.8 Å². The van der Waals surface area contributed by atoms with E-state index in [2.05, 4.69) is 5.32 Å². The molecule has 1 atom stereocenters. The van der Waals surface area contributed by atoms with Crippen molar-refractivity contribution in [3.05, 3.63) is 46.1 Å². The molecule has 0 saturated heterocycles. The summed E-state index contributed by atoms with van der Waals surface area (Å²) in [5, 5.41) is 2.75. The van der Waals surface area contributed by atoms with Gasteiger partial charge in [0.05, 0.1) is 36.4 Å². The molecule has 172 valence electrons. The summed E-state index contributed by atoms with van der Waals surface area (Å²) in [7, 11) is -0.981. The molecule has 1 N–H and O–H groups in total. The van der Waals surface area contributed by atoms with Crippen LogP contribution >= 0.6 is 11.3 Å². The highest BCUT2D eigenvalue weighted by Gasteiger charge is 2.32. The van der Waals surface area contributed by atoms with Crippen LogP contribution in [-0.2, 0) is 21.4 Å². The minimum absolute atomic E-state index is 0.0762. The molecule has 9 nitrogen and oxygen atoms in total. The molecule has 0 aliphatic heterocycles. The fraction of sp³-hybridized carbons (Fsp3) is 0.333. The van der Waals surface area contributed by atoms with Gasteiger partial charge in [0.1, 0.15) is 17.5 Å². The molecular formula is C21H25N3O6S2. The van der Waals surface area contributed by atoms with Crippen LogP contribution in [0.4, 0.5) is 11.4 Å². The third-order valence-corrected chi connectivity index (χ3v) is 7.13. The fourth-order valence-corrected chi connectivity index (χ4v) is 5.60. The number of anilines is 2. The van der Waals surface area contributed by atoms with Gasteiger partial charge in [0.15, 0.2) is 0 Å². The van der Waals surface area contributed by atoms with Crippen LogP contribution in [0.25, 0.3) is 10.2 Å². The Morgan fingerprint density at radius 3 is 2.50 bits per heavy atom. The number of nitrogens with one attached hydrogen (secondary N) is 1. The average molecular weight is 480 g/mol. The number of sulfonamides is 1. The molecule has 3 aromatic rings. The SMILES string of the molecule is CCn1c(=O)sc2cc(NC(=O)[C@@H](C)N(c3cc(OC)ccc3OC)S(C)(=O)=O)ccc21. The van der Waals surface area contributed by atoms with E-state index in [1.54, 1.807) is 34.9 Å². The number of nitrogens with zero attached hydrogens (tertiary/aromatic N) is 2. The van der Waals surface area contributed by atoms with Crippen molar-refractivity contribution in [2.75, 3.05) is 30.1 Å². The summed E-state index contributed by atoms with van der Waals surface area (Å²) < 4.78 is 39.2. The van der Waals surface area contributed by atoms with Crippen molar-refractivity contribution in [1.82, 2.24) is 4.57 Å². The van der Waals surface area contributed by atoms with Crippen LogP contribution in [0.1, 0.15) is 13.8 Å². The monoisotopic (exact) mass is 479 g/mol. The van der Waals surface area contributed by atoms with Gasteiger partial charge in [-0.25, -0.2) is 8.42 Å². The van der Waals surface area contributed by atoms with E-state index in [1.807, 2.05) is 6.92 Å². The standard InChI is InChI=1S/C21H25N3O6S2/c1-6-23-16-9-7-14(11-19(16)31-21(23)26)22-20(25)13(2)24(32(5,27)28)17-12-15(29-3)8-10-18(17)30-4/h7-13H,6H2,1-5H3,(H,22,25)/t13-/m1/s1. The molecule has 0 radical (unpaired) electrons. The minimum Gasteiger partial charge on any atom is -0.497 e. The van der Waals surface area contributed by atoms with Gasteiger partial charge in [-0.3, -0.25) is 18.5 Å². The first-order valence-corrected chi connectivity index (χ1v) is 12.4. The molecular weight excluding hydrogens is 454 g/mol. The van der Waals surface area contributed by atoms with Gasteiger partial charge in [0.2, 0.25) is 15.9 Å². The van der Waals surface area contributed by atoms with Crippen LogP contribution < -0.4 is 24.0 Å². The zero-order chi connectivity index (χ0) is 23.6. The molecule has 0 unspecified atom stereocenters. The smallest absolute Gasteiger partial charge is 0.308 e. The largest absolute Gasteiger partial charge is 0.497 e. The van der Waals surface area contributed by atoms with Gasteiger partial charge in [-0.1, -0.05) is 11.3 Å². The van der Waals surface area contributed by atoms with Gasteiger partial charge in [-0.2, -0.15) is 0 Å². The number of methoxy groups -OCH3 is 2. The molecule has 0 spiro atoms. The molecule has 1 aromatic heterocycles. The molecule has 1 amide bonds. The predicted octanol–water partition coefficient (Wildman–Crippen LogP) is 2.89. The highest BCUT2D eigenvalue weighted by atomic mass is 32.2. The number of amides is 1. The molecule has 0 saturated carbocycles. The Hall–Kier alpha value is -3.05. The van der Waals surface area contributed by atoms with Gasteiger partial charge in [-0.15, -0.1) is 0 Å². The minimum atomic E-state index is -3.86. The lowest BCUT2D eigenvalue weighted by atomic mass is 10.2. The third-order valence-electron chi connectivity index (χ3n) is 4.96. The van der Waals surface area contributed by atoms with Crippen LogP contribution in [0.2, 0.25) is 0 Å². The van der Waals surface area contributed by atoms with E-state index in [9.17, 15) is 18.0 Å². The van der Waals surface area contributed by atoms with E-state index in [4.69, 9.17) is 9.47 Å². The van der Waals surface area contributed by atoms with E-state index < -0.39 is 22.0 Å². The molecule has 11 heteroatoms. The summed E-state index contributed by atoms with van der Waals surface area (Å²) in [5.74, 6) is 0.160. The number of fused-ring (bicyclic) bond motifs is 1. The second kappa shape index (κ2) is 9.21. The van der Waals surface area contributed by atoms with Gasteiger partial charge >= 0.3 is 4.87 Å². The van der Waals surface area contributed by atoms with Crippen molar-refractivity contribution in [3.63, 3.8) is 0 Å². The number of hydrogen-bond donors (Lipinski definition) is 1. The van der Waals surface area contributed by atoms with Gasteiger partial charge in [-0.05, 0) is 44.2 Å². The molecule has 0 fully saturated rings. The Balaban J connectivity index is 1.96. The number of carbonyl (C=O) groups excluding carboxylic acids is 1. The fourth-order valence-electron chi connectivity index (χ4n) is 3.44. The highest BCUT2D eigenvalue weighted by molar-refractivity contribution is 7.92. The number of carbonyl (C=O) groups is 1. The molecule has 0 bridgehead atoms. The van der Waals surface area contributed by atoms with Crippen molar-refractivity contribution in [1.29, 1.82) is 0 Å². The summed E-state index contributed by atoms with van der Waals surface area (Å²) in [6.45, 7) is 3.92. The summed E-state index contributed by atoms with van der Waals surface area (Å²) in [6.07, 6.45) is 1.02. The van der Waals surface area contributed by atoms with Crippen molar-refractivity contribution in [2.24, 2.45) is 0 Å². The zero-order valence-electron chi connectivity index (χ0n) is 18.4. The Bertz CT molecular complexity index is 1310. The topological polar surface area (TPSA) is 107 Å². The predicted molar refractivity (Wildman–Crippen MR) is 127 cm³/mol. The number of ether oxygens (including phenoxy) is 2. The van der Waals surface area contributed by atoms with E-state index >= 15 is 0 Å². The number of rotatable bonds is 8. The Morgan fingerprint density at radius 1 is 1.19 bits per heavy atom. The first-order valence-electron chi connectivity index (χ1n) is 9.76. The lowest BCUT2D eigenvalue weighted by Gasteiger charge is -2.29. The number of aromatic nitrogens is 1. The number of hydrogen-bond acceptors (Lipinski definition) is 7. The normalized spacial score (nSPS) is 12.4. The lowest BCUT2D eigenvalue weighted by Crippen LogP contribution is -2.45. The van der Waals surface area contributed by atoms with E-state index in [-0.39, 0.29) is 16.3 Å². The number of thiazole rings is 1. The second-order valence-corrected chi connectivity index (χ2v) is 9.91. The van der Waals surface area contributed by atoms with Gasteiger partial charge in [0, 0.05) is 18.3 Å². The first kappa shape index (κ1) is 23.6. The van der Waals surface area contributed by atoms with Crippen molar-refractivity contribution in [2.45, 2.75) is 26.4 Å². The van der Waals surface area contributed by atoms with Crippen molar-refractivity contribution in [3.8, 4) is 11.5 Å². The number of benzene rings is 2. The maximum atomic E-state index is 13.0. The van der Waals surface area contributed by atoms with Gasteiger partial charge in [0.25, 0.3) is 0 Å². The molecule has 3 rings (SSSR count). The van der Waals surface area contributed by atoms with E-state index in [0.29, 0.717) is 18.0 Å². The van der Waals surface area contributed by atoms with Crippen LogP contribution in [-0.4, -0.2) is 45.4 Å². The summed E-state index contributed by atoms with van der Waals surface area (Å²) in [5.41, 5.74) is 1.43. The molecule has 32 heavy (non-hydrogen) atoms. The summed E-state index contributed by atoms with van der Waals surface area (Å²) in [4.78, 5) is 25.0. The van der Waals surface area contributed by atoms with Crippen molar-refractivity contribution < 1.29 is 22.7 Å². The highest BCUT2D eigenvalue weighted by Crippen LogP contribution is 2.35. The first-order chi connectivity index (χ1) is 15.1. The van der Waals surface area contributed by atoms with Crippen molar-refractivity contribution >= 4 is 48.9 Å². The molecule has 0 aliphatic rings. The van der Waals surface area contributed by atoms with Crippen LogP contribution in [0.15, 0.2) is 41.2 Å². The summed E-state index contributed by atoms with van der Waals surface area (Å²) in [6, 6.07) is 8.76. The maximum absolute atomic E-state index is 13.0. The maximum Gasteiger partial charge on any atom is 0.308 e. The molecule has 2 aromatic carbocycles. The average Bonchev–Trinajstić information content (AvgIpc) is 3.06. The van der Waals surface area contributed by atoms with E-state index in [0.717, 1.165) is 32.1 Å². The third kappa shape index (κ3) is 4.58. The zero-order valence-corrected chi connectivity index (χ0v) is 20.0. The molecule has 1 heterocycles. The van der Waals surface area contributed by atoms with Crippen LogP contribution in [0.3, 0.4) is 0 Å². The summed E-state index contributed by atoms with van der Waals surface area (Å²) >= 11 is 1.09. The lowest BCUT2D eigenvalue weighted by molar-refractivity contribution is -0.116. The van der Waals surface area contributed by atoms with E-state index in [1.165, 1.54) is 27.2 Å². The van der Waals surface area contributed by atoms with Crippen LogP contribution in [0.5, 0.6) is 11.5 Å².